The van der Waals surface area contributed by atoms with Gasteiger partial charge in [0.25, 0.3) is 5.91 Å². The number of rotatable bonds is 8. The molecule has 0 radical (unpaired) electrons. The molecule has 9 nitrogen and oxygen atoms in total. The average molecular weight is 524 g/mol. The molecule has 2 aromatic carbocycles. The van der Waals surface area contributed by atoms with Crippen LogP contribution in [0, 0.1) is 25.5 Å². The first-order chi connectivity index (χ1) is 18.4. The Labute approximate surface area is 217 Å². The van der Waals surface area contributed by atoms with Gasteiger partial charge >= 0.3 is 0 Å². The number of hydrogen-bond donors (Lipinski definition) is 1. The van der Waals surface area contributed by atoms with E-state index in [-0.39, 0.29) is 22.9 Å². The molecule has 0 atom stereocenters. The van der Waals surface area contributed by atoms with Crippen LogP contribution in [0.5, 0.6) is 17.4 Å². The molecule has 0 spiro atoms. The number of halogens is 2. The molecule has 1 fully saturated rings. The fourth-order valence-corrected chi connectivity index (χ4v) is 4.21. The van der Waals surface area contributed by atoms with Crippen LogP contribution in [0.15, 0.2) is 48.9 Å². The van der Waals surface area contributed by atoms with E-state index >= 15 is 0 Å². The fourth-order valence-electron chi connectivity index (χ4n) is 4.21. The van der Waals surface area contributed by atoms with Crippen molar-refractivity contribution >= 4 is 17.1 Å². The molecule has 2 aromatic heterocycles. The second kappa shape index (κ2) is 11.1. The third-order valence-electron chi connectivity index (χ3n) is 6.28. The smallest absolute Gasteiger partial charge is 0.258 e. The number of aryl methyl sites for hydroxylation is 2. The Hall–Kier alpha value is -4.09. The summed E-state index contributed by atoms with van der Waals surface area (Å²) in [6.07, 6.45) is 3.04. The van der Waals surface area contributed by atoms with E-state index in [0.29, 0.717) is 17.9 Å². The normalized spacial score (nSPS) is 14.0. The number of nitrogens with one attached hydrogen (secondary N) is 1. The number of nitrogens with zero attached hydrogens (tertiary/aromatic N) is 4. The molecule has 1 aliphatic heterocycles. The van der Waals surface area contributed by atoms with Crippen molar-refractivity contribution in [2.45, 2.75) is 13.8 Å². The molecular formula is C27H27F2N5O4. The summed E-state index contributed by atoms with van der Waals surface area (Å²) in [6, 6.07) is 8.15. The second-order valence-electron chi connectivity index (χ2n) is 8.96. The number of amides is 1. The molecular weight excluding hydrogens is 496 g/mol. The highest BCUT2D eigenvalue weighted by atomic mass is 19.1. The standard InChI is InChI=1S/C27H27F2N5O4/c1-17-3-5-21(28)20(13-17)26(35)32-19-4-6-23(22(29)14-19)38-27-25-18(2)24(15-34(25)31-16-30-27)37-12-9-33-7-10-36-11-8-33/h3-6,13-16H,7-12H2,1-2H3,(H,32,35). The highest BCUT2D eigenvalue weighted by Crippen LogP contribution is 2.33. The van der Waals surface area contributed by atoms with Gasteiger partial charge in [0, 0.05) is 37.0 Å². The van der Waals surface area contributed by atoms with Crippen LogP contribution in [0.25, 0.3) is 5.52 Å². The maximum Gasteiger partial charge on any atom is 0.258 e. The van der Waals surface area contributed by atoms with E-state index in [1.54, 1.807) is 23.7 Å². The van der Waals surface area contributed by atoms with Crippen LogP contribution >= 0.6 is 0 Å². The lowest BCUT2D eigenvalue weighted by Crippen LogP contribution is -2.38. The minimum Gasteiger partial charge on any atom is -0.490 e. The molecule has 4 aromatic rings. The van der Waals surface area contributed by atoms with Crippen molar-refractivity contribution < 1.29 is 27.8 Å². The maximum atomic E-state index is 14.9. The third-order valence-corrected chi connectivity index (χ3v) is 6.28. The molecule has 0 saturated carbocycles. The Morgan fingerprint density at radius 3 is 2.68 bits per heavy atom. The predicted molar refractivity (Wildman–Crippen MR) is 136 cm³/mol. The van der Waals surface area contributed by atoms with Crippen LogP contribution in [0.3, 0.4) is 0 Å². The molecule has 1 aliphatic rings. The first kappa shape index (κ1) is 25.6. The number of morpholine rings is 1. The van der Waals surface area contributed by atoms with Gasteiger partial charge in [0.05, 0.1) is 25.0 Å². The van der Waals surface area contributed by atoms with Gasteiger partial charge in [0.2, 0.25) is 5.88 Å². The van der Waals surface area contributed by atoms with Gasteiger partial charge in [-0.2, -0.15) is 10.1 Å². The summed E-state index contributed by atoms with van der Waals surface area (Å²) in [4.78, 5) is 18.9. The van der Waals surface area contributed by atoms with Crippen LogP contribution in [0.1, 0.15) is 21.5 Å². The molecule has 1 N–H and O–H groups in total. The van der Waals surface area contributed by atoms with E-state index in [9.17, 15) is 13.6 Å². The van der Waals surface area contributed by atoms with Crippen molar-refractivity contribution in [3.63, 3.8) is 0 Å². The SMILES string of the molecule is Cc1ccc(F)c(C(=O)Nc2ccc(Oc3ncnn4cc(OCCN5CCOCC5)c(C)c34)c(F)c2)c1. The Bertz CT molecular complexity index is 1470. The van der Waals surface area contributed by atoms with Crippen LogP contribution in [0.4, 0.5) is 14.5 Å². The van der Waals surface area contributed by atoms with E-state index in [4.69, 9.17) is 14.2 Å². The molecule has 0 bridgehead atoms. The molecule has 1 saturated heterocycles. The Morgan fingerprint density at radius 1 is 1.08 bits per heavy atom. The number of hydrogen-bond acceptors (Lipinski definition) is 7. The summed E-state index contributed by atoms with van der Waals surface area (Å²) in [6.45, 7) is 8.07. The number of carbonyl (C=O) groups is 1. The second-order valence-corrected chi connectivity index (χ2v) is 8.96. The number of fused-ring (bicyclic) bond motifs is 1. The Kier molecular flexibility index (Phi) is 7.47. The molecule has 3 heterocycles. The summed E-state index contributed by atoms with van der Waals surface area (Å²) >= 11 is 0. The van der Waals surface area contributed by atoms with Crippen LogP contribution in [0.2, 0.25) is 0 Å². The van der Waals surface area contributed by atoms with Gasteiger partial charge in [-0.15, -0.1) is 0 Å². The van der Waals surface area contributed by atoms with Crippen molar-refractivity contribution in [3.8, 4) is 17.4 Å². The molecule has 198 valence electrons. The minimum atomic E-state index is -0.726. The van der Waals surface area contributed by atoms with Gasteiger partial charge in [-0.3, -0.25) is 9.69 Å². The van der Waals surface area contributed by atoms with Crippen molar-refractivity contribution in [1.29, 1.82) is 0 Å². The number of ether oxygens (including phenoxy) is 3. The van der Waals surface area contributed by atoms with Gasteiger partial charge in [-0.25, -0.2) is 13.3 Å². The highest BCUT2D eigenvalue weighted by Gasteiger charge is 2.19. The maximum absolute atomic E-state index is 14.9. The van der Waals surface area contributed by atoms with Gasteiger partial charge in [-0.05, 0) is 38.1 Å². The van der Waals surface area contributed by atoms with E-state index in [1.165, 1.54) is 30.6 Å². The summed E-state index contributed by atoms with van der Waals surface area (Å²) < 4.78 is 47.7. The zero-order valence-corrected chi connectivity index (χ0v) is 21.0. The van der Waals surface area contributed by atoms with Crippen molar-refractivity contribution in [2.75, 3.05) is 44.8 Å². The van der Waals surface area contributed by atoms with E-state index in [2.05, 4.69) is 20.3 Å². The quantitative estimate of drug-likeness (QED) is 0.367. The third kappa shape index (κ3) is 5.58. The van der Waals surface area contributed by atoms with Gasteiger partial charge in [-0.1, -0.05) is 11.6 Å². The Balaban J connectivity index is 1.29. The molecule has 11 heteroatoms. The zero-order valence-electron chi connectivity index (χ0n) is 21.0. The molecule has 5 rings (SSSR count). The first-order valence-corrected chi connectivity index (χ1v) is 12.2. The first-order valence-electron chi connectivity index (χ1n) is 12.2. The monoisotopic (exact) mass is 523 g/mol. The average Bonchev–Trinajstić information content (AvgIpc) is 3.23. The lowest BCUT2D eigenvalue weighted by atomic mass is 10.1. The fraction of sp³-hybridized carbons (Fsp3) is 0.296. The number of benzene rings is 2. The van der Waals surface area contributed by atoms with Gasteiger partial charge in [0.15, 0.2) is 11.6 Å². The molecule has 0 aliphatic carbocycles. The van der Waals surface area contributed by atoms with E-state index < -0.39 is 17.5 Å². The molecule has 0 unspecified atom stereocenters. The summed E-state index contributed by atoms with van der Waals surface area (Å²) in [5.74, 6) is -1.38. The minimum absolute atomic E-state index is 0.0966. The topological polar surface area (TPSA) is 90.2 Å². The zero-order chi connectivity index (χ0) is 26.6. The van der Waals surface area contributed by atoms with Crippen molar-refractivity contribution in [1.82, 2.24) is 19.5 Å². The van der Waals surface area contributed by atoms with Crippen LogP contribution in [-0.4, -0.2) is 64.9 Å². The van der Waals surface area contributed by atoms with Crippen LogP contribution in [-0.2, 0) is 4.74 Å². The summed E-state index contributed by atoms with van der Waals surface area (Å²) in [7, 11) is 0. The lowest BCUT2D eigenvalue weighted by molar-refractivity contribution is 0.0322. The lowest BCUT2D eigenvalue weighted by Gasteiger charge is -2.26. The van der Waals surface area contributed by atoms with Crippen molar-refractivity contribution in [3.05, 3.63) is 77.2 Å². The van der Waals surface area contributed by atoms with Crippen LogP contribution < -0.4 is 14.8 Å². The Morgan fingerprint density at radius 2 is 1.89 bits per heavy atom. The molecule has 1 amide bonds. The van der Waals surface area contributed by atoms with E-state index in [1.807, 2.05) is 6.92 Å². The van der Waals surface area contributed by atoms with Gasteiger partial charge < -0.3 is 19.5 Å². The largest absolute Gasteiger partial charge is 0.490 e. The highest BCUT2D eigenvalue weighted by molar-refractivity contribution is 6.04. The number of aromatic nitrogens is 3. The molecule has 38 heavy (non-hydrogen) atoms. The summed E-state index contributed by atoms with van der Waals surface area (Å²) in [5.41, 5.74) is 2.06. The number of carbonyl (C=O) groups excluding carboxylic acids is 1. The number of anilines is 1. The summed E-state index contributed by atoms with van der Waals surface area (Å²) in [5, 5.41) is 6.73. The predicted octanol–water partition coefficient (Wildman–Crippen LogP) is 4.38. The van der Waals surface area contributed by atoms with E-state index in [0.717, 1.165) is 50.0 Å². The van der Waals surface area contributed by atoms with Crippen molar-refractivity contribution in [2.24, 2.45) is 0 Å². The van der Waals surface area contributed by atoms with Gasteiger partial charge in [0.1, 0.15) is 30.0 Å².